The molecule has 2 amide bonds. The molecule has 3 rings (SSSR count). The zero-order valence-corrected chi connectivity index (χ0v) is 15.9. The number of morpholine rings is 1. The third kappa shape index (κ3) is 4.44. The summed E-state index contributed by atoms with van der Waals surface area (Å²) < 4.78 is 5.32. The van der Waals surface area contributed by atoms with E-state index in [1.807, 2.05) is 28.0 Å². The van der Waals surface area contributed by atoms with Gasteiger partial charge in [-0.3, -0.25) is 9.59 Å². The number of hydrogen-bond donors (Lipinski definition) is 0. The molecule has 1 aromatic carbocycles. The summed E-state index contributed by atoms with van der Waals surface area (Å²) in [5.74, 6) is 0.487. The maximum absolute atomic E-state index is 12.8. The van der Waals surface area contributed by atoms with Crippen LogP contribution in [0.2, 0.25) is 0 Å². The van der Waals surface area contributed by atoms with Gasteiger partial charge in [0.25, 0.3) is 0 Å². The highest BCUT2D eigenvalue weighted by Gasteiger charge is 2.33. The first-order chi connectivity index (χ1) is 12.5. The van der Waals surface area contributed by atoms with Gasteiger partial charge in [-0.2, -0.15) is 0 Å². The Labute approximate surface area is 156 Å². The molecule has 2 aliphatic heterocycles. The number of benzene rings is 1. The minimum atomic E-state index is -0.182. The third-order valence-corrected chi connectivity index (χ3v) is 5.67. The van der Waals surface area contributed by atoms with Gasteiger partial charge in [0.15, 0.2) is 0 Å². The van der Waals surface area contributed by atoms with E-state index in [0.717, 1.165) is 12.8 Å². The molecule has 1 aromatic rings. The quantitative estimate of drug-likeness (QED) is 0.831. The molecule has 2 fully saturated rings. The number of hydrogen-bond acceptors (Lipinski definition) is 3. The number of carbonyl (C=O) groups excluding carboxylic acids is 2. The molecule has 0 saturated carbocycles. The molecule has 0 bridgehead atoms. The van der Waals surface area contributed by atoms with Gasteiger partial charge in [0.2, 0.25) is 11.8 Å². The summed E-state index contributed by atoms with van der Waals surface area (Å²) in [6, 6.07) is 10.2. The molecule has 5 nitrogen and oxygen atoms in total. The number of piperidine rings is 1. The molecule has 5 heteroatoms. The van der Waals surface area contributed by atoms with Crippen molar-refractivity contribution >= 4 is 11.8 Å². The van der Waals surface area contributed by atoms with Gasteiger partial charge in [-0.25, -0.2) is 0 Å². The van der Waals surface area contributed by atoms with Crippen LogP contribution < -0.4 is 0 Å². The zero-order chi connectivity index (χ0) is 18.6. The van der Waals surface area contributed by atoms with E-state index in [0.29, 0.717) is 45.8 Å². The molecule has 26 heavy (non-hydrogen) atoms. The maximum atomic E-state index is 12.8. The second-order valence-electron chi connectivity index (χ2n) is 8.02. The summed E-state index contributed by atoms with van der Waals surface area (Å²) in [5, 5.41) is 0. The average Bonchev–Trinajstić information content (AvgIpc) is 2.68. The van der Waals surface area contributed by atoms with Crippen LogP contribution in [0.25, 0.3) is 0 Å². The molecule has 2 heterocycles. The van der Waals surface area contributed by atoms with Crippen molar-refractivity contribution in [2.75, 3.05) is 39.4 Å². The Morgan fingerprint density at radius 1 is 1.00 bits per heavy atom. The Kier molecular flexibility index (Phi) is 5.97. The molecule has 2 saturated heterocycles. The maximum Gasteiger partial charge on any atom is 0.225 e. The number of rotatable bonds is 4. The Hall–Kier alpha value is -1.88. The van der Waals surface area contributed by atoms with E-state index in [-0.39, 0.29) is 23.1 Å². The summed E-state index contributed by atoms with van der Waals surface area (Å²) in [6.07, 6.45) is 2.04. The zero-order valence-electron chi connectivity index (χ0n) is 15.9. The lowest BCUT2D eigenvalue weighted by Crippen LogP contribution is -2.48. The lowest BCUT2D eigenvalue weighted by atomic mass is 9.81. The predicted octanol–water partition coefficient (Wildman–Crippen LogP) is 2.45. The summed E-state index contributed by atoms with van der Waals surface area (Å²) >= 11 is 0. The van der Waals surface area contributed by atoms with Crippen molar-refractivity contribution in [2.24, 2.45) is 5.92 Å². The highest BCUT2D eigenvalue weighted by Crippen LogP contribution is 2.29. The number of nitrogens with zero attached hydrogens (tertiary/aromatic N) is 2. The van der Waals surface area contributed by atoms with Gasteiger partial charge in [-0.1, -0.05) is 44.2 Å². The molecular weight excluding hydrogens is 328 g/mol. The number of likely N-dealkylation sites (tertiary alicyclic amines) is 1. The molecule has 142 valence electrons. The molecule has 0 spiro atoms. The smallest absolute Gasteiger partial charge is 0.225 e. The van der Waals surface area contributed by atoms with Gasteiger partial charge in [-0.05, 0) is 23.8 Å². The van der Waals surface area contributed by atoms with Crippen LogP contribution in [0.1, 0.15) is 38.7 Å². The minimum absolute atomic E-state index is 0.0549. The van der Waals surface area contributed by atoms with E-state index in [2.05, 4.69) is 26.0 Å². The number of carbonyl (C=O) groups is 2. The van der Waals surface area contributed by atoms with E-state index in [1.165, 1.54) is 5.56 Å². The second kappa shape index (κ2) is 8.21. The van der Waals surface area contributed by atoms with Crippen LogP contribution >= 0.6 is 0 Å². The van der Waals surface area contributed by atoms with E-state index < -0.39 is 0 Å². The van der Waals surface area contributed by atoms with Crippen LogP contribution in [0.3, 0.4) is 0 Å². The topological polar surface area (TPSA) is 49.9 Å². The molecule has 0 radical (unpaired) electrons. The fourth-order valence-electron chi connectivity index (χ4n) is 3.90. The highest BCUT2D eigenvalue weighted by molar-refractivity contribution is 5.80. The van der Waals surface area contributed by atoms with Crippen molar-refractivity contribution in [1.82, 2.24) is 9.80 Å². The first-order valence-corrected chi connectivity index (χ1v) is 9.67. The Morgan fingerprint density at radius 2 is 1.62 bits per heavy atom. The van der Waals surface area contributed by atoms with Crippen molar-refractivity contribution in [3.8, 4) is 0 Å². The molecule has 2 aliphatic rings. The monoisotopic (exact) mass is 358 g/mol. The molecular formula is C21H30N2O3. The van der Waals surface area contributed by atoms with Gasteiger partial charge in [-0.15, -0.1) is 0 Å². The van der Waals surface area contributed by atoms with Crippen LogP contribution in [0, 0.1) is 5.92 Å². The summed E-state index contributed by atoms with van der Waals surface area (Å²) in [6.45, 7) is 8.28. The summed E-state index contributed by atoms with van der Waals surface area (Å²) in [5.41, 5.74) is 1.00. The van der Waals surface area contributed by atoms with Gasteiger partial charge in [0.05, 0.1) is 13.2 Å². The Balaban J connectivity index is 1.51. The lowest BCUT2D eigenvalue weighted by Gasteiger charge is -2.36. The Bertz CT molecular complexity index is 615. The van der Waals surface area contributed by atoms with Crippen LogP contribution in [-0.4, -0.2) is 61.0 Å². The van der Waals surface area contributed by atoms with Crippen molar-refractivity contribution in [3.05, 3.63) is 35.9 Å². The minimum Gasteiger partial charge on any atom is -0.378 e. The van der Waals surface area contributed by atoms with Gasteiger partial charge >= 0.3 is 0 Å². The van der Waals surface area contributed by atoms with E-state index in [1.54, 1.807) is 0 Å². The van der Waals surface area contributed by atoms with Crippen LogP contribution in [0.15, 0.2) is 30.3 Å². The predicted molar refractivity (Wildman–Crippen MR) is 101 cm³/mol. The largest absolute Gasteiger partial charge is 0.378 e. The number of ether oxygens (including phenoxy) is 1. The fraction of sp³-hybridized carbons (Fsp3) is 0.619. The molecule has 0 atom stereocenters. The summed E-state index contributed by atoms with van der Waals surface area (Å²) in [4.78, 5) is 29.2. The first kappa shape index (κ1) is 18.9. The lowest BCUT2D eigenvalue weighted by molar-refractivity contribution is -0.144. The SMILES string of the molecule is CC(C)(CC(=O)N1CCC(C(=O)N2CCOCC2)CC1)c1ccccc1. The summed E-state index contributed by atoms with van der Waals surface area (Å²) in [7, 11) is 0. The second-order valence-corrected chi connectivity index (χ2v) is 8.02. The fourth-order valence-corrected chi connectivity index (χ4v) is 3.90. The first-order valence-electron chi connectivity index (χ1n) is 9.67. The third-order valence-electron chi connectivity index (χ3n) is 5.67. The molecule has 0 aliphatic carbocycles. The van der Waals surface area contributed by atoms with Crippen molar-refractivity contribution in [1.29, 1.82) is 0 Å². The van der Waals surface area contributed by atoms with Gasteiger partial charge < -0.3 is 14.5 Å². The van der Waals surface area contributed by atoms with Crippen molar-refractivity contribution in [3.63, 3.8) is 0 Å². The molecule has 0 unspecified atom stereocenters. The van der Waals surface area contributed by atoms with Gasteiger partial charge in [0, 0.05) is 38.5 Å². The van der Waals surface area contributed by atoms with Crippen molar-refractivity contribution in [2.45, 2.75) is 38.5 Å². The van der Waals surface area contributed by atoms with Crippen LogP contribution in [0.5, 0.6) is 0 Å². The van der Waals surface area contributed by atoms with Crippen molar-refractivity contribution < 1.29 is 14.3 Å². The highest BCUT2D eigenvalue weighted by atomic mass is 16.5. The standard InChI is InChI=1S/C21H30N2O3/c1-21(2,18-6-4-3-5-7-18)16-19(24)22-10-8-17(9-11-22)20(25)23-12-14-26-15-13-23/h3-7,17H,8-16H2,1-2H3. The van der Waals surface area contributed by atoms with E-state index >= 15 is 0 Å². The number of amides is 2. The molecule has 0 aromatic heterocycles. The molecule has 0 N–H and O–H groups in total. The van der Waals surface area contributed by atoms with E-state index in [4.69, 9.17) is 4.74 Å². The van der Waals surface area contributed by atoms with Crippen LogP contribution in [0.4, 0.5) is 0 Å². The van der Waals surface area contributed by atoms with Gasteiger partial charge in [0.1, 0.15) is 0 Å². The van der Waals surface area contributed by atoms with Crippen LogP contribution in [-0.2, 0) is 19.7 Å². The van der Waals surface area contributed by atoms with E-state index in [9.17, 15) is 9.59 Å². The average molecular weight is 358 g/mol. The Morgan fingerprint density at radius 3 is 2.23 bits per heavy atom. The normalized spacial score (nSPS) is 19.5.